The van der Waals surface area contributed by atoms with Crippen LogP contribution in [0.25, 0.3) is 0 Å². The molecule has 0 aliphatic rings. The lowest BCUT2D eigenvalue weighted by Gasteiger charge is -2.33. The number of hydrogen-bond acceptors (Lipinski definition) is 11. The number of hydrogen-bond donors (Lipinski definition) is 5. The molecular formula is C21H35FN3O11P. The van der Waals surface area contributed by atoms with Gasteiger partial charge in [-0.2, -0.15) is 4.98 Å². The van der Waals surface area contributed by atoms with Gasteiger partial charge in [0.25, 0.3) is 0 Å². The maximum atomic E-state index is 15.3. The molecule has 5 N–H and O–H groups in total. The number of halogens is 1. The van der Waals surface area contributed by atoms with Crippen molar-refractivity contribution in [3.8, 4) is 0 Å². The molecule has 0 spiro atoms. The summed E-state index contributed by atoms with van der Waals surface area (Å²) in [5.74, 6) is -4.18. The van der Waals surface area contributed by atoms with Gasteiger partial charge in [-0.3, -0.25) is 23.2 Å². The van der Waals surface area contributed by atoms with Crippen molar-refractivity contribution in [3.63, 3.8) is 0 Å². The summed E-state index contributed by atoms with van der Waals surface area (Å²) in [6, 6.07) is 0. The number of nitrogens with one attached hydrogen (secondary N) is 1. The second-order valence-corrected chi connectivity index (χ2v) is 10.6. The molecule has 1 amide bonds. The lowest BCUT2D eigenvalue weighted by Crippen LogP contribution is -2.39. The molecule has 14 nitrogen and oxygen atoms in total. The number of anilines is 1. The summed E-state index contributed by atoms with van der Waals surface area (Å²) < 4.78 is 43.6. The molecule has 0 radical (unpaired) electrons. The lowest BCUT2D eigenvalue weighted by molar-refractivity contribution is -0.142. The fourth-order valence-electron chi connectivity index (χ4n) is 2.86. The highest BCUT2D eigenvalue weighted by atomic mass is 31.2. The molecule has 3 unspecified atom stereocenters. The van der Waals surface area contributed by atoms with E-state index < -0.39 is 81.4 Å². The number of carbonyl (C=O) groups excluding carboxylic acids is 2. The van der Waals surface area contributed by atoms with E-state index in [9.17, 15) is 39.2 Å². The van der Waals surface area contributed by atoms with Gasteiger partial charge in [0.1, 0.15) is 18.5 Å². The van der Waals surface area contributed by atoms with Crippen molar-refractivity contribution in [3.05, 3.63) is 22.2 Å². The van der Waals surface area contributed by atoms with Gasteiger partial charge in [0.05, 0.1) is 13.2 Å². The van der Waals surface area contributed by atoms with Crippen LogP contribution in [0.1, 0.15) is 65.7 Å². The maximum absolute atomic E-state index is 15.3. The first-order valence-corrected chi connectivity index (χ1v) is 13.0. The van der Waals surface area contributed by atoms with Crippen molar-refractivity contribution >= 4 is 25.3 Å². The summed E-state index contributed by atoms with van der Waals surface area (Å²) in [7, 11) is -4.83. The highest BCUT2D eigenvalue weighted by Gasteiger charge is 2.48. The molecule has 0 bridgehead atoms. The van der Waals surface area contributed by atoms with E-state index in [1.807, 2.05) is 0 Å². The number of esters is 1. The van der Waals surface area contributed by atoms with Crippen LogP contribution in [0.15, 0.2) is 11.0 Å². The fraction of sp³-hybridized carbons (Fsp3) is 0.714. The highest BCUT2D eigenvalue weighted by Crippen LogP contribution is 2.59. The molecule has 0 saturated carbocycles. The van der Waals surface area contributed by atoms with Crippen LogP contribution in [-0.4, -0.2) is 72.2 Å². The predicted molar refractivity (Wildman–Crippen MR) is 127 cm³/mol. The van der Waals surface area contributed by atoms with Crippen LogP contribution in [0, 0.1) is 0 Å². The molecule has 0 fully saturated rings. The second-order valence-electron chi connectivity index (χ2n) is 8.45. The molecule has 0 aliphatic carbocycles. The van der Waals surface area contributed by atoms with E-state index in [1.54, 1.807) is 0 Å². The Morgan fingerprint density at radius 1 is 1.30 bits per heavy atom. The number of aliphatic hydroxyl groups is 3. The number of aliphatic hydroxyl groups excluding tert-OH is 2. The largest absolute Gasteiger partial charge is 0.461 e. The minimum atomic E-state index is -4.83. The van der Waals surface area contributed by atoms with Crippen LogP contribution >= 0.6 is 7.60 Å². The fourth-order valence-corrected chi connectivity index (χ4v) is 4.12. The molecule has 0 aromatic carbocycles. The molecule has 1 aromatic heterocycles. The Balaban J connectivity index is 3.25. The SMILES string of the molecule is CCC(F)(CCO[C@H]([C@H](O)CO)n1cc(COC(C)=O)c(NC(C)=O)nc1=O)OP(=O)(O)C(C)(O)CC. The number of alkyl halides is 1. The summed E-state index contributed by atoms with van der Waals surface area (Å²) in [6.07, 6.45) is -3.53. The third-order valence-electron chi connectivity index (χ3n) is 5.40. The molecule has 0 saturated heterocycles. The monoisotopic (exact) mass is 555 g/mol. The third-order valence-corrected chi connectivity index (χ3v) is 7.51. The Hall–Kier alpha value is -2.26. The zero-order valence-corrected chi connectivity index (χ0v) is 22.2. The summed E-state index contributed by atoms with van der Waals surface area (Å²) in [4.78, 5) is 49.1. The number of rotatable bonds is 15. The number of amides is 1. The number of carbonyl (C=O) groups is 2. The Morgan fingerprint density at radius 2 is 1.92 bits per heavy atom. The van der Waals surface area contributed by atoms with Gasteiger partial charge in [0, 0.05) is 38.4 Å². The molecule has 5 atom stereocenters. The molecule has 0 aliphatic heterocycles. The number of nitrogens with zero attached hydrogens (tertiary/aromatic N) is 2. The summed E-state index contributed by atoms with van der Waals surface area (Å²) in [5, 5.41) is 29.9. The Labute approximate surface area is 212 Å². The summed E-state index contributed by atoms with van der Waals surface area (Å²) in [5.41, 5.74) is -0.992. The van der Waals surface area contributed by atoms with Gasteiger partial charge in [-0.05, 0) is 13.3 Å². The molecule has 212 valence electrons. The standard InChI is InChI=1S/C21H35FN3O11P/c1-6-20(5,31)37(32,33)36-21(22,7-2)8-9-34-18(16(29)11-26)25-10-15(12-35-14(4)28)17(23-13(3)27)24-19(25)30/h10,16,18,26,29,31H,6-9,11-12H2,1-5H3,(H,32,33)(H,23,24,27,30)/t16-,18-,20?,21?/m1/s1. The highest BCUT2D eigenvalue weighted by molar-refractivity contribution is 7.54. The minimum Gasteiger partial charge on any atom is -0.461 e. The van der Waals surface area contributed by atoms with E-state index in [4.69, 9.17) is 14.0 Å². The molecule has 16 heteroatoms. The van der Waals surface area contributed by atoms with Crippen LogP contribution in [0.3, 0.4) is 0 Å². The van der Waals surface area contributed by atoms with Crippen molar-refractivity contribution in [1.82, 2.24) is 9.55 Å². The van der Waals surface area contributed by atoms with Crippen LogP contribution in [0.5, 0.6) is 0 Å². The first-order valence-electron chi connectivity index (χ1n) is 11.4. The molecule has 1 rings (SSSR count). The Morgan fingerprint density at radius 3 is 2.41 bits per heavy atom. The van der Waals surface area contributed by atoms with Gasteiger partial charge in [0.15, 0.2) is 11.6 Å². The smallest absolute Gasteiger partial charge is 0.361 e. The number of ether oxygens (including phenoxy) is 2. The predicted octanol–water partition coefficient (Wildman–Crippen LogP) is 0.920. The van der Waals surface area contributed by atoms with E-state index in [0.717, 1.165) is 31.5 Å². The zero-order valence-electron chi connectivity index (χ0n) is 21.3. The molecule has 1 aromatic rings. The van der Waals surface area contributed by atoms with Crippen molar-refractivity contribution in [2.75, 3.05) is 18.5 Å². The van der Waals surface area contributed by atoms with Crippen molar-refractivity contribution in [2.45, 2.75) is 84.0 Å². The first kappa shape index (κ1) is 32.8. The van der Waals surface area contributed by atoms with Crippen molar-refractivity contribution in [1.29, 1.82) is 0 Å². The van der Waals surface area contributed by atoms with Crippen LogP contribution in [0.4, 0.5) is 10.2 Å². The van der Waals surface area contributed by atoms with Crippen LogP contribution < -0.4 is 11.0 Å². The van der Waals surface area contributed by atoms with Gasteiger partial charge in [-0.25, -0.2) is 9.18 Å². The van der Waals surface area contributed by atoms with Gasteiger partial charge in [-0.1, -0.05) is 13.8 Å². The van der Waals surface area contributed by atoms with Gasteiger partial charge < -0.3 is 35.0 Å². The number of aromatic nitrogens is 2. The topological polar surface area (TPSA) is 207 Å². The Bertz CT molecular complexity index is 1050. The summed E-state index contributed by atoms with van der Waals surface area (Å²) in [6.45, 7) is 4.19. The maximum Gasteiger partial charge on any atom is 0.361 e. The van der Waals surface area contributed by atoms with E-state index in [-0.39, 0.29) is 17.8 Å². The Kier molecular flexibility index (Phi) is 12.0. The van der Waals surface area contributed by atoms with Gasteiger partial charge in [0.2, 0.25) is 11.8 Å². The normalized spacial score (nSPS) is 18.1. The van der Waals surface area contributed by atoms with E-state index in [1.165, 1.54) is 13.8 Å². The van der Waals surface area contributed by atoms with Crippen LogP contribution in [-0.2, 0) is 34.8 Å². The molecular weight excluding hydrogens is 520 g/mol. The lowest BCUT2D eigenvalue weighted by atomic mass is 10.2. The molecule has 1 heterocycles. The zero-order chi connectivity index (χ0) is 28.6. The second kappa shape index (κ2) is 13.5. The van der Waals surface area contributed by atoms with Gasteiger partial charge >= 0.3 is 19.3 Å². The van der Waals surface area contributed by atoms with Crippen molar-refractivity contribution in [2.24, 2.45) is 0 Å². The summed E-state index contributed by atoms with van der Waals surface area (Å²) >= 11 is 0. The average Bonchev–Trinajstić information content (AvgIpc) is 2.80. The third kappa shape index (κ3) is 9.21. The average molecular weight is 555 g/mol. The molecule has 37 heavy (non-hydrogen) atoms. The van der Waals surface area contributed by atoms with E-state index >= 15 is 4.39 Å². The van der Waals surface area contributed by atoms with Crippen molar-refractivity contribution < 1.29 is 52.8 Å². The van der Waals surface area contributed by atoms with Gasteiger partial charge in [-0.15, -0.1) is 0 Å². The quantitative estimate of drug-likeness (QED) is 0.151. The minimum absolute atomic E-state index is 0.0449. The van der Waals surface area contributed by atoms with Crippen LogP contribution in [0.2, 0.25) is 0 Å². The van der Waals surface area contributed by atoms with E-state index in [0.29, 0.717) is 0 Å². The first-order chi connectivity index (χ1) is 17.0. The van der Waals surface area contributed by atoms with E-state index in [2.05, 4.69) is 10.3 Å².